The Labute approximate surface area is 177 Å². The molecule has 0 saturated carbocycles. The van der Waals surface area contributed by atoms with Crippen molar-refractivity contribution in [1.82, 2.24) is 4.90 Å². The van der Waals surface area contributed by atoms with Crippen molar-refractivity contribution in [3.05, 3.63) is 75.1 Å². The predicted octanol–water partition coefficient (Wildman–Crippen LogP) is 4.89. The fourth-order valence-corrected chi connectivity index (χ4v) is 3.41. The molecule has 1 heterocycles. The van der Waals surface area contributed by atoms with Crippen LogP contribution in [-0.2, 0) is 17.5 Å². The van der Waals surface area contributed by atoms with Gasteiger partial charge in [0.15, 0.2) is 0 Å². The number of para-hydroxylation sites is 1. The second-order valence-corrected chi connectivity index (χ2v) is 7.37. The Hall–Kier alpha value is -3.13. The zero-order chi connectivity index (χ0) is 22.8. The third-order valence-electron chi connectivity index (χ3n) is 5.23. The van der Waals surface area contributed by atoms with Crippen molar-refractivity contribution in [2.75, 3.05) is 18.4 Å². The van der Waals surface area contributed by atoms with E-state index in [1.165, 1.54) is 24.3 Å². The Bertz CT molecular complexity index is 1170. The first kappa shape index (κ1) is 22.6. The minimum atomic E-state index is -4.57. The maximum Gasteiger partial charge on any atom is 0.418 e. The zero-order valence-electron chi connectivity index (χ0n) is 17.5. The van der Waals surface area contributed by atoms with Crippen LogP contribution in [-0.4, -0.2) is 23.9 Å². The third-order valence-corrected chi connectivity index (χ3v) is 5.23. The number of aryl methyl sites for hydroxylation is 2. The molecule has 0 atom stereocenters. The Morgan fingerprint density at radius 1 is 1.13 bits per heavy atom. The lowest BCUT2D eigenvalue weighted by Gasteiger charge is -2.21. The molecule has 5 nitrogen and oxygen atoms in total. The van der Waals surface area contributed by atoms with Gasteiger partial charge in [-0.2, -0.15) is 13.2 Å². The van der Waals surface area contributed by atoms with Gasteiger partial charge < -0.3 is 9.73 Å². The molecule has 0 fully saturated rings. The van der Waals surface area contributed by atoms with Crippen molar-refractivity contribution in [2.24, 2.45) is 0 Å². The van der Waals surface area contributed by atoms with Gasteiger partial charge in [-0.1, -0.05) is 31.2 Å². The van der Waals surface area contributed by atoms with Gasteiger partial charge in [0.25, 0.3) is 0 Å². The molecule has 8 heteroatoms. The lowest BCUT2D eigenvalue weighted by molar-refractivity contribution is -0.137. The predicted molar refractivity (Wildman–Crippen MR) is 113 cm³/mol. The molecule has 0 radical (unpaired) electrons. The molecule has 0 unspecified atom stereocenters. The Morgan fingerprint density at radius 2 is 1.84 bits per heavy atom. The number of halogens is 3. The van der Waals surface area contributed by atoms with Crippen LogP contribution in [0.5, 0.6) is 0 Å². The van der Waals surface area contributed by atoms with Crippen LogP contribution in [0.25, 0.3) is 11.0 Å². The summed E-state index contributed by atoms with van der Waals surface area (Å²) in [6, 6.07) is 10.0. The minimum absolute atomic E-state index is 0.130. The van der Waals surface area contributed by atoms with E-state index < -0.39 is 23.3 Å². The number of carbonyl (C=O) groups is 1. The molecule has 1 N–H and O–H groups in total. The Morgan fingerprint density at radius 3 is 2.52 bits per heavy atom. The fourth-order valence-electron chi connectivity index (χ4n) is 3.41. The van der Waals surface area contributed by atoms with E-state index in [9.17, 15) is 22.8 Å². The monoisotopic (exact) mass is 432 g/mol. The van der Waals surface area contributed by atoms with Gasteiger partial charge in [-0.25, -0.2) is 4.79 Å². The maximum atomic E-state index is 13.2. The summed E-state index contributed by atoms with van der Waals surface area (Å²) >= 11 is 0. The van der Waals surface area contributed by atoms with Gasteiger partial charge in [-0.05, 0) is 49.2 Å². The summed E-state index contributed by atoms with van der Waals surface area (Å²) in [5.41, 5.74) is 1.37. The number of amides is 1. The standard InChI is InChI=1S/C23H23F3N2O3/c1-4-28(13-20(29)27-19-8-6-5-7-18(19)23(24,25)26)12-16-11-21(30)31-22-15(3)14(2)9-10-17(16)22/h5-11H,4,12-13H2,1-3H3,(H,27,29). The molecule has 1 amide bonds. The summed E-state index contributed by atoms with van der Waals surface area (Å²) in [6.07, 6.45) is -4.57. The smallest absolute Gasteiger partial charge is 0.418 e. The maximum absolute atomic E-state index is 13.2. The van der Waals surface area contributed by atoms with Crippen LogP contribution >= 0.6 is 0 Å². The molecular formula is C23H23F3N2O3. The summed E-state index contributed by atoms with van der Waals surface area (Å²) in [5, 5.41) is 3.12. The number of hydrogen-bond donors (Lipinski definition) is 1. The molecule has 0 aliphatic heterocycles. The number of anilines is 1. The van der Waals surface area contributed by atoms with Gasteiger partial charge in [-0.15, -0.1) is 0 Å². The summed E-state index contributed by atoms with van der Waals surface area (Å²) < 4.78 is 44.9. The molecule has 0 saturated heterocycles. The topological polar surface area (TPSA) is 62.6 Å². The minimum Gasteiger partial charge on any atom is -0.422 e. The first-order valence-electron chi connectivity index (χ1n) is 9.81. The van der Waals surface area contributed by atoms with Crippen LogP contribution < -0.4 is 10.9 Å². The SMILES string of the molecule is CCN(CC(=O)Nc1ccccc1C(F)(F)F)Cc1cc(=O)oc2c(C)c(C)ccc12. The van der Waals surface area contributed by atoms with Crippen molar-refractivity contribution in [1.29, 1.82) is 0 Å². The van der Waals surface area contributed by atoms with E-state index >= 15 is 0 Å². The molecule has 0 bridgehead atoms. The van der Waals surface area contributed by atoms with Gasteiger partial charge in [0.2, 0.25) is 5.91 Å². The van der Waals surface area contributed by atoms with Crippen molar-refractivity contribution in [3.8, 4) is 0 Å². The molecule has 3 aromatic rings. The Kier molecular flexibility index (Phi) is 6.50. The van der Waals surface area contributed by atoms with Crippen LogP contribution in [0, 0.1) is 13.8 Å². The molecule has 2 aromatic carbocycles. The highest BCUT2D eigenvalue weighted by molar-refractivity contribution is 5.93. The zero-order valence-corrected chi connectivity index (χ0v) is 17.5. The number of alkyl halides is 3. The molecule has 0 aliphatic rings. The van der Waals surface area contributed by atoms with E-state index in [2.05, 4.69) is 5.32 Å². The number of benzene rings is 2. The van der Waals surface area contributed by atoms with Crippen molar-refractivity contribution in [2.45, 2.75) is 33.5 Å². The van der Waals surface area contributed by atoms with Crippen LogP contribution in [0.15, 0.2) is 51.7 Å². The van der Waals surface area contributed by atoms with Gasteiger partial charge in [0, 0.05) is 18.0 Å². The van der Waals surface area contributed by atoms with Gasteiger partial charge >= 0.3 is 11.8 Å². The molecule has 31 heavy (non-hydrogen) atoms. The summed E-state index contributed by atoms with van der Waals surface area (Å²) in [5.74, 6) is -0.571. The molecule has 164 valence electrons. The van der Waals surface area contributed by atoms with E-state index in [1.54, 1.807) is 4.90 Å². The molecule has 0 aliphatic carbocycles. The lowest BCUT2D eigenvalue weighted by Crippen LogP contribution is -2.33. The van der Waals surface area contributed by atoms with Gasteiger partial charge in [0.1, 0.15) is 5.58 Å². The summed E-state index contributed by atoms with van der Waals surface area (Å²) in [7, 11) is 0. The lowest BCUT2D eigenvalue weighted by atomic mass is 10.0. The van der Waals surface area contributed by atoms with Crippen LogP contribution in [0.3, 0.4) is 0 Å². The van der Waals surface area contributed by atoms with E-state index in [4.69, 9.17) is 4.42 Å². The normalized spacial score (nSPS) is 11.8. The summed E-state index contributed by atoms with van der Waals surface area (Å²) in [6.45, 7) is 6.22. The highest BCUT2D eigenvalue weighted by atomic mass is 19.4. The number of likely N-dealkylation sites (N-methyl/N-ethyl adjacent to an activating group) is 1. The first-order chi connectivity index (χ1) is 14.6. The van der Waals surface area contributed by atoms with Crippen LogP contribution in [0.2, 0.25) is 0 Å². The quantitative estimate of drug-likeness (QED) is 0.564. The number of nitrogens with one attached hydrogen (secondary N) is 1. The largest absolute Gasteiger partial charge is 0.422 e. The third kappa shape index (κ3) is 5.14. The number of rotatable bonds is 6. The molecular weight excluding hydrogens is 409 g/mol. The highest BCUT2D eigenvalue weighted by Crippen LogP contribution is 2.34. The molecule has 3 rings (SSSR count). The molecule has 0 spiro atoms. The average molecular weight is 432 g/mol. The average Bonchev–Trinajstić information content (AvgIpc) is 2.70. The summed E-state index contributed by atoms with van der Waals surface area (Å²) in [4.78, 5) is 26.3. The van der Waals surface area contributed by atoms with Crippen LogP contribution in [0.4, 0.5) is 18.9 Å². The first-order valence-corrected chi connectivity index (χ1v) is 9.81. The number of carbonyl (C=O) groups excluding carboxylic acids is 1. The van der Waals surface area contributed by atoms with Crippen molar-refractivity contribution in [3.63, 3.8) is 0 Å². The van der Waals surface area contributed by atoms with Gasteiger partial charge in [-0.3, -0.25) is 9.69 Å². The second kappa shape index (κ2) is 8.93. The number of hydrogen-bond acceptors (Lipinski definition) is 4. The van der Waals surface area contributed by atoms with Crippen molar-refractivity contribution >= 4 is 22.6 Å². The Balaban J connectivity index is 1.81. The van der Waals surface area contributed by atoms with E-state index in [-0.39, 0.29) is 18.8 Å². The van der Waals surface area contributed by atoms with Crippen molar-refractivity contribution < 1.29 is 22.4 Å². The van der Waals surface area contributed by atoms with E-state index in [1.807, 2.05) is 32.9 Å². The number of fused-ring (bicyclic) bond motifs is 1. The van der Waals surface area contributed by atoms with Crippen LogP contribution in [0.1, 0.15) is 29.2 Å². The fraction of sp³-hybridized carbons (Fsp3) is 0.304. The van der Waals surface area contributed by atoms with E-state index in [0.717, 1.165) is 22.6 Å². The highest BCUT2D eigenvalue weighted by Gasteiger charge is 2.33. The second-order valence-electron chi connectivity index (χ2n) is 7.37. The number of nitrogens with zero attached hydrogens (tertiary/aromatic N) is 1. The van der Waals surface area contributed by atoms with E-state index in [0.29, 0.717) is 17.7 Å². The van der Waals surface area contributed by atoms with Gasteiger partial charge in [0.05, 0.1) is 17.8 Å². The molecule has 1 aromatic heterocycles.